The molecule has 6 nitrogen and oxygen atoms in total. The molecule has 88 valence electrons. The van der Waals surface area contributed by atoms with Gasteiger partial charge in [0.1, 0.15) is 12.6 Å². The molecule has 0 aromatic rings. The first-order valence-electron chi connectivity index (χ1n) is 3.97. The van der Waals surface area contributed by atoms with Gasteiger partial charge in [0.2, 0.25) is 0 Å². The molecule has 0 atom stereocenters. The Morgan fingerprint density at radius 3 is 0.933 bits per heavy atom. The maximum absolute atomic E-state index is 9.84. The minimum Gasteiger partial charge on any atom is -0.851 e. The number of rotatable bonds is 6. The summed E-state index contributed by atoms with van der Waals surface area (Å²) in [6.07, 6.45) is -1.14. The van der Waals surface area contributed by atoms with Crippen LogP contribution in [0.2, 0.25) is 0 Å². The second-order valence-electron chi connectivity index (χ2n) is 2.14. The Balaban J connectivity index is -0.000000180. The molecule has 0 aliphatic rings. The molecule has 0 unspecified atom stereocenters. The van der Waals surface area contributed by atoms with Crippen LogP contribution in [-0.2, 0) is 18.9 Å². The van der Waals surface area contributed by atoms with E-state index in [1.54, 1.807) is 0 Å². The first kappa shape index (κ1) is 20.9. The fourth-order valence-corrected chi connectivity index (χ4v) is 0.465. The predicted molar refractivity (Wildman–Crippen MR) is 51.1 cm³/mol. The molecule has 0 fully saturated rings. The molecule has 0 amide bonds. The third kappa shape index (κ3) is 14.5. The second kappa shape index (κ2) is 16.9. The van der Waals surface area contributed by atoms with E-state index in [0.29, 0.717) is 0 Å². The van der Waals surface area contributed by atoms with Crippen LogP contribution in [0.3, 0.4) is 0 Å². The number of ether oxygens (including phenoxy) is 4. The third-order valence-corrected chi connectivity index (χ3v) is 1.32. The minimum atomic E-state index is -0.569. The van der Waals surface area contributed by atoms with E-state index in [4.69, 9.17) is 0 Å². The van der Waals surface area contributed by atoms with Gasteiger partial charge in [-0.2, -0.15) is 0 Å². The maximum Gasteiger partial charge on any atom is 2.00 e. The first-order valence-corrected chi connectivity index (χ1v) is 3.97. The predicted octanol–water partition coefficient (Wildman–Crippen LogP) is -2.45. The molecule has 0 aliphatic heterocycles. The van der Waals surface area contributed by atoms with Crippen molar-refractivity contribution in [2.45, 2.75) is 12.6 Å². The molecule has 0 aromatic carbocycles. The molecule has 15 heavy (non-hydrogen) atoms. The van der Waals surface area contributed by atoms with E-state index in [2.05, 4.69) is 18.9 Å². The van der Waals surface area contributed by atoms with Gasteiger partial charge in [0, 0.05) is 28.4 Å². The van der Waals surface area contributed by atoms with E-state index >= 15 is 0 Å². The molecule has 0 heterocycles. The Bertz CT molecular complexity index is 74.1. The van der Waals surface area contributed by atoms with Crippen molar-refractivity contribution in [1.82, 2.24) is 0 Å². The minimum absolute atomic E-state index is 0. The van der Waals surface area contributed by atoms with Gasteiger partial charge in [0.25, 0.3) is 0 Å². The van der Waals surface area contributed by atoms with Gasteiger partial charge in [0.05, 0.1) is 0 Å². The van der Waals surface area contributed by atoms with Crippen LogP contribution >= 0.6 is 0 Å². The van der Waals surface area contributed by atoms with Gasteiger partial charge in [-0.25, -0.2) is 0 Å². The summed E-state index contributed by atoms with van der Waals surface area (Å²) in [5.74, 6) is 0. The normalized spacial score (nSPS) is 9.60. The molecule has 0 N–H and O–H groups in total. The fraction of sp³-hybridized carbons (Fsp3) is 1.00. The topological polar surface area (TPSA) is 83.0 Å². The molecule has 0 bridgehead atoms. The summed E-state index contributed by atoms with van der Waals surface area (Å²) in [6.45, 7) is -0.681. The Labute approximate surface area is 107 Å². The summed E-state index contributed by atoms with van der Waals surface area (Å²) in [5, 5.41) is 19.7. The summed E-state index contributed by atoms with van der Waals surface area (Å²) in [4.78, 5) is 0. The van der Waals surface area contributed by atoms with Crippen LogP contribution in [-0.4, -0.2) is 77.3 Å². The Morgan fingerprint density at radius 2 is 0.933 bits per heavy atom. The average molecular weight is 235 g/mol. The first-order chi connectivity index (χ1) is 6.69. The van der Waals surface area contributed by atoms with Crippen LogP contribution in [0, 0.1) is 0 Å². The Kier molecular flexibility index (Phi) is 23.6. The number of methoxy groups -OCH3 is 4. The number of hydrogen-bond donors (Lipinski definition) is 0. The van der Waals surface area contributed by atoms with Crippen molar-refractivity contribution < 1.29 is 29.2 Å². The van der Waals surface area contributed by atoms with Gasteiger partial charge in [-0.05, 0) is 0 Å². The van der Waals surface area contributed by atoms with Gasteiger partial charge in [-0.3, -0.25) is 0 Å². The summed E-state index contributed by atoms with van der Waals surface area (Å²) in [6, 6.07) is 0. The zero-order chi connectivity index (χ0) is 11.4. The standard InChI is InChI=1S/2C4H9O3.Mg/c2*1-6-4(3-5)7-2;/h2*4H,3H2,1-2H3;/q2*-1;+2. The molecule has 0 saturated carbocycles. The van der Waals surface area contributed by atoms with Gasteiger partial charge in [0.15, 0.2) is 0 Å². The summed E-state index contributed by atoms with van der Waals surface area (Å²) < 4.78 is 18.1. The molecule has 0 radical (unpaired) electrons. The van der Waals surface area contributed by atoms with Crippen LogP contribution in [0.25, 0.3) is 0 Å². The maximum atomic E-state index is 9.84. The van der Waals surface area contributed by atoms with Gasteiger partial charge < -0.3 is 29.2 Å². The fourth-order valence-electron chi connectivity index (χ4n) is 0.465. The SMILES string of the molecule is COC(C[O-])OC.COC(C[O-])OC.[Mg+2]. The molecule has 7 heteroatoms. The second-order valence-corrected chi connectivity index (χ2v) is 2.14. The van der Waals surface area contributed by atoms with Crippen molar-refractivity contribution in [1.29, 1.82) is 0 Å². The number of hydrogen-bond acceptors (Lipinski definition) is 6. The summed E-state index contributed by atoms with van der Waals surface area (Å²) in [5.41, 5.74) is 0. The van der Waals surface area contributed by atoms with Crippen LogP contribution < -0.4 is 10.2 Å². The van der Waals surface area contributed by atoms with E-state index in [9.17, 15) is 10.2 Å². The Hall–Kier alpha value is 0.526. The summed E-state index contributed by atoms with van der Waals surface area (Å²) >= 11 is 0. The van der Waals surface area contributed by atoms with Gasteiger partial charge >= 0.3 is 23.1 Å². The molecular formula is C8H18MgO6. The van der Waals surface area contributed by atoms with E-state index in [1.165, 1.54) is 28.4 Å². The zero-order valence-corrected chi connectivity index (χ0v) is 11.1. The van der Waals surface area contributed by atoms with E-state index in [-0.39, 0.29) is 36.3 Å². The molecule has 0 aliphatic carbocycles. The smallest absolute Gasteiger partial charge is 0.851 e. The van der Waals surface area contributed by atoms with Crippen molar-refractivity contribution >= 4 is 23.1 Å². The quantitative estimate of drug-likeness (QED) is 0.375. The molecule has 0 saturated heterocycles. The van der Waals surface area contributed by atoms with Crippen molar-refractivity contribution in [3.63, 3.8) is 0 Å². The molecule has 0 spiro atoms. The molecular weight excluding hydrogens is 216 g/mol. The van der Waals surface area contributed by atoms with Gasteiger partial charge in [-0.15, -0.1) is 0 Å². The van der Waals surface area contributed by atoms with Crippen molar-refractivity contribution in [3.8, 4) is 0 Å². The van der Waals surface area contributed by atoms with E-state index in [0.717, 1.165) is 0 Å². The monoisotopic (exact) mass is 234 g/mol. The zero-order valence-electron chi connectivity index (χ0n) is 9.73. The van der Waals surface area contributed by atoms with Crippen molar-refractivity contribution in [3.05, 3.63) is 0 Å². The van der Waals surface area contributed by atoms with Gasteiger partial charge in [-0.1, -0.05) is 13.2 Å². The summed E-state index contributed by atoms with van der Waals surface area (Å²) in [7, 11) is 5.75. The van der Waals surface area contributed by atoms with Crippen molar-refractivity contribution in [2.75, 3.05) is 41.7 Å². The third-order valence-electron chi connectivity index (χ3n) is 1.32. The largest absolute Gasteiger partial charge is 2.00 e. The molecule has 0 aromatic heterocycles. The van der Waals surface area contributed by atoms with Crippen LogP contribution in [0.4, 0.5) is 0 Å². The van der Waals surface area contributed by atoms with Crippen LogP contribution in [0.15, 0.2) is 0 Å². The van der Waals surface area contributed by atoms with E-state index < -0.39 is 12.6 Å². The van der Waals surface area contributed by atoms with Crippen molar-refractivity contribution in [2.24, 2.45) is 0 Å². The Morgan fingerprint density at radius 1 is 0.733 bits per heavy atom. The van der Waals surface area contributed by atoms with Crippen LogP contribution in [0.5, 0.6) is 0 Å². The van der Waals surface area contributed by atoms with Crippen LogP contribution in [0.1, 0.15) is 0 Å². The average Bonchev–Trinajstić information content (AvgIpc) is 2.24. The van der Waals surface area contributed by atoms with E-state index in [1.807, 2.05) is 0 Å². The molecule has 0 rings (SSSR count).